The Bertz CT molecular complexity index is 154. The maximum absolute atomic E-state index is 10.1. The predicted octanol–water partition coefficient (Wildman–Crippen LogP) is 1.26. The Balaban J connectivity index is 3.52. The van der Waals surface area contributed by atoms with E-state index in [1.807, 2.05) is 0 Å². The molecule has 10 heavy (non-hydrogen) atoms. The van der Waals surface area contributed by atoms with Gasteiger partial charge in [-0.2, -0.15) is 9.65 Å². The van der Waals surface area contributed by atoms with E-state index in [1.54, 1.807) is 13.0 Å². The summed E-state index contributed by atoms with van der Waals surface area (Å²) in [6.45, 7) is 4.72. The van der Waals surface area contributed by atoms with Gasteiger partial charge in [0.1, 0.15) is 6.72 Å². The van der Waals surface area contributed by atoms with E-state index in [0.717, 1.165) is 0 Å². The Labute approximate surface area is 59.4 Å². The third-order valence-electron chi connectivity index (χ3n) is 0.929. The number of hydrogen-bond acceptors (Lipinski definition) is 3. The van der Waals surface area contributed by atoms with Crippen LogP contribution in [0, 0.1) is 10.1 Å². The summed E-state index contributed by atoms with van der Waals surface area (Å²) in [5.74, 6) is 0. The second-order valence-electron chi connectivity index (χ2n) is 1.99. The van der Waals surface area contributed by atoms with Crippen LogP contribution < -0.4 is 0 Å². The molecule has 0 rings (SSSR count). The van der Waals surface area contributed by atoms with Crippen molar-refractivity contribution in [2.24, 2.45) is 5.18 Å². The maximum Gasteiger partial charge on any atom is 0.175 e. The van der Waals surface area contributed by atoms with Crippen molar-refractivity contribution in [2.45, 2.75) is 19.4 Å². The molecule has 0 radical (unpaired) electrons. The summed E-state index contributed by atoms with van der Waals surface area (Å²) in [5.41, 5.74) is 0. The molecule has 0 aromatic heterocycles. The second kappa shape index (κ2) is 4.67. The first-order valence-corrected chi connectivity index (χ1v) is 2.92. The van der Waals surface area contributed by atoms with E-state index in [2.05, 4.69) is 11.9 Å². The molecule has 0 saturated carbocycles. The largest absolute Gasteiger partial charge is 0.619 e. The summed E-state index contributed by atoms with van der Waals surface area (Å²) in [6, 6.07) is -0.267. The topological polar surface area (TPSA) is 55.5 Å². The fourth-order valence-corrected chi connectivity index (χ4v) is 0.418. The van der Waals surface area contributed by atoms with Gasteiger partial charge >= 0.3 is 0 Å². The lowest BCUT2D eigenvalue weighted by atomic mass is 10.2. The van der Waals surface area contributed by atoms with E-state index >= 15 is 0 Å². The van der Waals surface area contributed by atoms with Crippen molar-refractivity contribution in [2.75, 3.05) is 0 Å². The molecule has 1 atom stereocenters. The Hall–Kier alpha value is -1.19. The summed E-state index contributed by atoms with van der Waals surface area (Å²) < 4.78 is 0.428. The van der Waals surface area contributed by atoms with Gasteiger partial charge in [0.25, 0.3) is 0 Å². The molecule has 0 spiro atoms. The lowest BCUT2D eigenvalue weighted by molar-refractivity contribution is -0.368. The highest BCUT2D eigenvalue weighted by atomic mass is 16.5. The van der Waals surface area contributed by atoms with Crippen LogP contribution >= 0.6 is 0 Å². The van der Waals surface area contributed by atoms with Crippen molar-refractivity contribution < 1.29 is 4.74 Å². The zero-order chi connectivity index (χ0) is 7.98. The van der Waals surface area contributed by atoms with Crippen molar-refractivity contribution in [1.82, 2.24) is 0 Å². The second-order valence-corrected chi connectivity index (χ2v) is 1.99. The maximum atomic E-state index is 10.1. The van der Waals surface area contributed by atoms with Gasteiger partial charge in [-0.05, 0) is 19.4 Å². The van der Waals surface area contributed by atoms with Crippen LogP contribution in [-0.2, 0) is 0 Å². The third kappa shape index (κ3) is 4.96. The van der Waals surface area contributed by atoms with E-state index in [4.69, 9.17) is 0 Å². The molecule has 0 N–H and O–H groups in total. The number of hydrogen-bond donors (Lipinski definition) is 0. The zero-order valence-corrected chi connectivity index (χ0v) is 5.86. The fourth-order valence-electron chi connectivity index (χ4n) is 0.418. The Morgan fingerprint density at radius 3 is 2.90 bits per heavy atom. The predicted molar refractivity (Wildman–Crippen MR) is 39.8 cm³/mol. The van der Waals surface area contributed by atoms with Gasteiger partial charge in [0, 0.05) is 0 Å². The van der Waals surface area contributed by atoms with Crippen LogP contribution in [0.2, 0.25) is 0 Å². The standard InChI is InChI=1S/C6H10N2O2/c1-6(7-9)4-3-5-8(2)10/h3,5-6H,2,4H2,1H3/b5-3+. The molecule has 0 aromatic rings. The monoisotopic (exact) mass is 142 g/mol. The molecule has 0 fully saturated rings. The van der Waals surface area contributed by atoms with E-state index < -0.39 is 0 Å². The lowest BCUT2D eigenvalue weighted by Crippen LogP contribution is -1.93. The van der Waals surface area contributed by atoms with Gasteiger partial charge in [-0.3, -0.25) is 0 Å². The van der Waals surface area contributed by atoms with E-state index in [0.29, 0.717) is 11.2 Å². The number of rotatable bonds is 4. The summed E-state index contributed by atoms with van der Waals surface area (Å²) >= 11 is 0. The molecule has 0 aliphatic heterocycles. The quantitative estimate of drug-likeness (QED) is 0.195. The smallest absolute Gasteiger partial charge is 0.175 e. The minimum atomic E-state index is -0.267. The van der Waals surface area contributed by atoms with Gasteiger partial charge in [-0.1, -0.05) is 5.18 Å². The molecule has 4 nitrogen and oxygen atoms in total. The highest BCUT2D eigenvalue weighted by Gasteiger charge is 1.95. The summed E-state index contributed by atoms with van der Waals surface area (Å²) in [5, 5.41) is 12.9. The van der Waals surface area contributed by atoms with Crippen LogP contribution in [-0.4, -0.2) is 17.5 Å². The molecular weight excluding hydrogens is 132 g/mol. The number of hydroxylamine groups is 1. The van der Waals surface area contributed by atoms with E-state index in [9.17, 15) is 10.1 Å². The Morgan fingerprint density at radius 2 is 2.50 bits per heavy atom. The lowest BCUT2D eigenvalue weighted by Gasteiger charge is -1.93. The summed E-state index contributed by atoms with van der Waals surface area (Å²) in [7, 11) is 0. The normalized spacial score (nSPS) is 13.3. The van der Waals surface area contributed by atoms with Crippen LogP contribution in [0.25, 0.3) is 0 Å². The highest BCUT2D eigenvalue weighted by Crippen LogP contribution is 1.95. The van der Waals surface area contributed by atoms with Gasteiger partial charge in [0.2, 0.25) is 0 Å². The van der Waals surface area contributed by atoms with Crippen LogP contribution in [0.1, 0.15) is 13.3 Å². The van der Waals surface area contributed by atoms with Crippen LogP contribution in [0.5, 0.6) is 0 Å². The first kappa shape index (κ1) is 8.81. The van der Waals surface area contributed by atoms with Crippen molar-refractivity contribution in [3.05, 3.63) is 22.4 Å². The number of nitroso groups, excluding NO2 is 1. The zero-order valence-electron chi connectivity index (χ0n) is 5.86. The Kier molecular flexibility index (Phi) is 4.11. The molecule has 0 amide bonds. The van der Waals surface area contributed by atoms with Crippen molar-refractivity contribution in [1.29, 1.82) is 0 Å². The average molecular weight is 142 g/mol. The van der Waals surface area contributed by atoms with Gasteiger partial charge in [0.05, 0.1) is 6.04 Å². The molecule has 0 saturated heterocycles. The highest BCUT2D eigenvalue weighted by molar-refractivity contribution is 5.15. The molecule has 0 heterocycles. The average Bonchev–Trinajstić information content (AvgIpc) is 1.87. The van der Waals surface area contributed by atoms with Crippen LogP contribution in [0.15, 0.2) is 17.5 Å². The van der Waals surface area contributed by atoms with Crippen LogP contribution in [0.4, 0.5) is 0 Å². The summed E-state index contributed by atoms with van der Waals surface area (Å²) in [6.07, 6.45) is 3.30. The molecule has 56 valence electrons. The Morgan fingerprint density at radius 1 is 1.90 bits per heavy atom. The van der Waals surface area contributed by atoms with Gasteiger partial charge in [-0.15, -0.1) is 0 Å². The first-order valence-electron chi connectivity index (χ1n) is 2.92. The molecule has 0 aliphatic rings. The minimum Gasteiger partial charge on any atom is -0.619 e. The van der Waals surface area contributed by atoms with E-state index in [1.165, 1.54) is 6.20 Å². The molecule has 0 bridgehead atoms. The van der Waals surface area contributed by atoms with Crippen molar-refractivity contribution >= 4 is 6.72 Å². The molecule has 0 aromatic carbocycles. The van der Waals surface area contributed by atoms with Crippen molar-refractivity contribution in [3.63, 3.8) is 0 Å². The molecule has 0 aliphatic carbocycles. The van der Waals surface area contributed by atoms with Gasteiger partial charge < -0.3 is 5.21 Å². The van der Waals surface area contributed by atoms with Gasteiger partial charge in [-0.25, -0.2) is 0 Å². The molecule has 1 unspecified atom stereocenters. The minimum absolute atomic E-state index is 0.267. The third-order valence-corrected chi connectivity index (χ3v) is 0.929. The number of nitrogens with zero attached hydrogens (tertiary/aromatic N) is 2. The molecule has 4 heteroatoms. The molecular formula is C6H10N2O2. The summed E-state index contributed by atoms with van der Waals surface area (Å²) in [4.78, 5) is 9.79. The van der Waals surface area contributed by atoms with E-state index in [-0.39, 0.29) is 6.04 Å². The SMILES string of the molecule is C=[N+]([O-])/C=C/CC(C)N=O. The van der Waals surface area contributed by atoms with Gasteiger partial charge in [0.15, 0.2) is 6.20 Å². The fraction of sp³-hybridized carbons (Fsp3) is 0.500. The van der Waals surface area contributed by atoms with Crippen molar-refractivity contribution in [3.8, 4) is 0 Å². The van der Waals surface area contributed by atoms with Crippen LogP contribution in [0.3, 0.4) is 0 Å². The first-order chi connectivity index (χ1) is 4.66.